The van der Waals surface area contributed by atoms with Gasteiger partial charge in [0.15, 0.2) is 0 Å². The second-order valence-electron chi connectivity index (χ2n) is 6.83. The van der Waals surface area contributed by atoms with Crippen LogP contribution in [0.25, 0.3) is 0 Å². The maximum Gasteiger partial charge on any atom is 0.120 e. The van der Waals surface area contributed by atoms with E-state index in [-0.39, 0.29) is 12.6 Å². The molecule has 2 N–H and O–H groups in total. The van der Waals surface area contributed by atoms with Gasteiger partial charge in [-0.1, -0.05) is 56.3 Å². The zero-order valence-corrected chi connectivity index (χ0v) is 15.6. The molecule has 0 saturated carbocycles. The van der Waals surface area contributed by atoms with E-state index in [4.69, 9.17) is 4.74 Å². The highest BCUT2D eigenvalue weighted by molar-refractivity contribution is 5.31. The average Bonchev–Trinajstić information content (AvgIpc) is 2.66. The fourth-order valence-electron chi connectivity index (χ4n) is 3.14. The number of hydrogen-bond donors (Lipinski definition) is 2. The third-order valence-corrected chi connectivity index (χ3v) is 4.72. The molecule has 25 heavy (non-hydrogen) atoms. The van der Waals surface area contributed by atoms with Crippen LogP contribution in [0, 0.1) is 5.92 Å². The lowest BCUT2D eigenvalue weighted by Crippen LogP contribution is -2.34. The predicted molar refractivity (Wildman–Crippen MR) is 104 cm³/mol. The summed E-state index contributed by atoms with van der Waals surface area (Å²) < 4.78 is 5.97. The van der Waals surface area contributed by atoms with Crippen LogP contribution in [0.2, 0.25) is 0 Å². The molecule has 3 nitrogen and oxygen atoms in total. The highest BCUT2D eigenvalue weighted by Crippen LogP contribution is 2.30. The Bertz CT molecular complexity index is 614. The van der Waals surface area contributed by atoms with Crippen LogP contribution in [0.4, 0.5) is 0 Å². The van der Waals surface area contributed by atoms with Gasteiger partial charge in [-0.2, -0.15) is 0 Å². The predicted octanol–water partition coefficient (Wildman–Crippen LogP) is 4.37. The van der Waals surface area contributed by atoms with Crippen LogP contribution in [-0.2, 0) is 6.61 Å². The lowest BCUT2D eigenvalue weighted by molar-refractivity contribution is 0.243. The van der Waals surface area contributed by atoms with Crippen molar-refractivity contribution < 1.29 is 9.84 Å². The van der Waals surface area contributed by atoms with Crippen LogP contribution in [0.5, 0.6) is 5.75 Å². The minimum absolute atomic E-state index is 0.139. The number of aliphatic hydroxyl groups excluding tert-OH is 1. The Morgan fingerprint density at radius 3 is 2.48 bits per heavy atom. The molecule has 0 bridgehead atoms. The molecule has 0 spiro atoms. The van der Waals surface area contributed by atoms with Crippen molar-refractivity contribution in [3.05, 3.63) is 65.7 Å². The van der Waals surface area contributed by atoms with E-state index >= 15 is 0 Å². The molecule has 0 fully saturated rings. The van der Waals surface area contributed by atoms with E-state index in [1.807, 2.05) is 31.2 Å². The number of rotatable bonds is 10. The fraction of sp³-hybridized carbons (Fsp3) is 0.455. The zero-order valence-electron chi connectivity index (χ0n) is 15.6. The van der Waals surface area contributed by atoms with Crippen LogP contribution in [-0.4, -0.2) is 24.3 Å². The summed E-state index contributed by atoms with van der Waals surface area (Å²) in [7, 11) is 0. The van der Waals surface area contributed by atoms with E-state index in [2.05, 4.69) is 49.5 Å². The first-order valence-corrected chi connectivity index (χ1v) is 9.25. The summed E-state index contributed by atoms with van der Waals surface area (Å²) in [6.07, 6.45) is 1.08. The Balaban J connectivity index is 1.99. The largest absolute Gasteiger partial charge is 0.489 e. The smallest absolute Gasteiger partial charge is 0.120 e. The van der Waals surface area contributed by atoms with Crippen molar-refractivity contribution in [2.45, 2.75) is 45.8 Å². The minimum atomic E-state index is 0.139. The first kappa shape index (κ1) is 19.5. The van der Waals surface area contributed by atoms with Crippen LogP contribution in [0.15, 0.2) is 54.6 Å². The van der Waals surface area contributed by atoms with Gasteiger partial charge in [-0.05, 0) is 55.0 Å². The Morgan fingerprint density at radius 1 is 1.04 bits per heavy atom. The van der Waals surface area contributed by atoms with Crippen molar-refractivity contribution in [2.75, 3.05) is 13.2 Å². The molecule has 0 amide bonds. The van der Waals surface area contributed by atoms with Crippen LogP contribution in [0.3, 0.4) is 0 Å². The maximum absolute atomic E-state index is 9.17. The summed E-state index contributed by atoms with van der Waals surface area (Å²) in [6, 6.07) is 18.8. The molecule has 0 radical (unpaired) electrons. The highest BCUT2D eigenvalue weighted by Gasteiger charge is 2.18. The van der Waals surface area contributed by atoms with Gasteiger partial charge in [0.05, 0.1) is 6.61 Å². The molecular weight excluding hydrogens is 310 g/mol. The van der Waals surface area contributed by atoms with Gasteiger partial charge < -0.3 is 15.2 Å². The summed E-state index contributed by atoms with van der Waals surface area (Å²) in [4.78, 5) is 0. The molecule has 136 valence electrons. The number of nitrogens with one attached hydrogen (secondary N) is 1. The third-order valence-electron chi connectivity index (χ3n) is 4.72. The molecule has 0 unspecified atom stereocenters. The molecule has 0 aromatic heterocycles. The Labute approximate surface area is 152 Å². The van der Waals surface area contributed by atoms with Gasteiger partial charge in [-0.3, -0.25) is 0 Å². The average molecular weight is 341 g/mol. The summed E-state index contributed by atoms with van der Waals surface area (Å²) in [5, 5.41) is 12.6. The first-order valence-electron chi connectivity index (χ1n) is 9.25. The van der Waals surface area contributed by atoms with E-state index in [9.17, 15) is 5.11 Å². The van der Waals surface area contributed by atoms with Gasteiger partial charge in [-0.25, -0.2) is 0 Å². The van der Waals surface area contributed by atoms with Crippen molar-refractivity contribution in [2.24, 2.45) is 5.92 Å². The Hall–Kier alpha value is -1.84. The molecule has 2 aromatic carbocycles. The van der Waals surface area contributed by atoms with Crippen molar-refractivity contribution in [3.8, 4) is 5.75 Å². The third kappa shape index (κ3) is 6.18. The van der Waals surface area contributed by atoms with Gasteiger partial charge in [0.1, 0.15) is 12.4 Å². The molecule has 0 aliphatic rings. The van der Waals surface area contributed by atoms with E-state index in [1.54, 1.807) is 0 Å². The Kier molecular flexibility index (Phi) is 7.96. The monoisotopic (exact) mass is 341 g/mol. The lowest BCUT2D eigenvalue weighted by atomic mass is 9.85. The standard InChI is InChI=1S/C22H31NO2/c1-4-22(17(2)14-23-18(3)15-24)20-11-8-12-21(13-20)25-16-19-9-6-5-7-10-19/h5-13,17-18,22-24H,4,14-16H2,1-3H3/t17-,18+,22+/m0/s1. The molecule has 0 heterocycles. The number of benzene rings is 2. The molecule has 3 atom stereocenters. The second-order valence-corrected chi connectivity index (χ2v) is 6.83. The van der Waals surface area contributed by atoms with Gasteiger partial charge in [0, 0.05) is 6.04 Å². The van der Waals surface area contributed by atoms with Crippen molar-refractivity contribution in [1.29, 1.82) is 0 Å². The summed E-state index contributed by atoms with van der Waals surface area (Å²) in [5.74, 6) is 1.88. The maximum atomic E-state index is 9.17. The molecule has 0 saturated heterocycles. The van der Waals surface area contributed by atoms with E-state index in [1.165, 1.54) is 11.1 Å². The first-order chi connectivity index (χ1) is 12.1. The highest BCUT2D eigenvalue weighted by atomic mass is 16.5. The summed E-state index contributed by atoms with van der Waals surface area (Å²) in [5.41, 5.74) is 2.49. The second kappa shape index (κ2) is 10.2. The Morgan fingerprint density at radius 2 is 1.80 bits per heavy atom. The SMILES string of the molecule is CC[C@@H](c1cccc(OCc2ccccc2)c1)[C@@H](C)CN[C@H](C)CO. The molecular formula is C22H31NO2. The number of aliphatic hydroxyl groups is 1. The van der Waals surface area contributed by atoms with Crippen LogP contribution < -0.4 is 10.1 Å². The molecule has 2 aromatic rings. The van der Waals surface area contributed by atoms with E-state index in [0.29, 0.717) is 18.4 Å². The summed E-state index contributed by atoms with van der Waals surface area (Å²) in [6.45, 7) is 8.16. The molecule has 3 heteroatoms. The van der Waals surface area contributed by atoms with Crippen molar-refractivity contribution in [1.82, 2.24) is 5.32 Å². The van der Waals surface area contributed by atoms with Gasteiger partial charge in [-0.15, -0.1) is 0 Å². The van der Waals surface area contributed by atoms with Crippen LogP contribution in [0.1, 0.15) is 44.2 Å². The lowest BCUT2D eigenvalue weighted by Gasteiger charge is -2.25. The van der Waals surface area contributed by atoms with Gasteiger partial charge >= 0.3 is 0 Å². The van der Waals surface area contributed by atoms with Crippen LogP contribution >= 0.6 is 0 Å². The molecule has 2 rings (SSSR count). The minimum Gasteiger partial charge on any atom is -0.489 e. The molecule has 0 aliphatic heterocycles. The fourth-order valence-corrected chi connectivity index (χ4v) is 3.14. The number of hydrogen-bond acceptors (Lipinski definition) is 3. The van der Waals surface area contributed by atoms with Gasteiger partial charge in [0.2, 0.25) is 0 Å². The zero-order chi connectivity index (χ0) is 18.1. The van der Waals surface area contributed by atoms with Gasteiger partial charge in [0.25, 0.3) is 0 Å². The number of ether oxygens (including phenoxy) is 1. The van der Waals surface area contributed by atoms with Crippen molar-refractivity contribution in [3.63, 3.8) is 0 Å². The van der Waals surface area contributed by atoms with E-state index in [0.717, 1.165) is 18.7 Å². The topological polar surface area (TPSA) is 41.5 Å². The quantitative estimate of drug-likeness (QED) is 0.674. The normalized spacial score (nSPS) is 14.7. The van der Waals surface area contributed by atoms with Crippen molar-refractivity contribution >= 4 is 0 Å². The molecule has 0 aliphatic carbocycles. The summed E-state index contributed by atoms with van der Waals surface area (Å²) >= 11 is 0. The van der Waals surface area contributed by atoms with E-state index < -0.39 is 0 Å².